The maximum atomic E-state index is 12.5. The zero-order valence-electron chi connectivity index (χ0n) is 17.3. The molecule has 1 unspecified atom stereocenters. The third-order valence-electron chi connectivity index (χ3n) is 4.93. The van der Waals surface area contributed by atoms with Crippen molar-refractivity contribution >= 4 is 40.7 Å². The first-order chi connectivity index (χ1) is 13.8. The fourth-order valence-corrected chi connectivity index (χ4v) is 3.52. The summed E-state index contributed by atoms with van der Waals surface area (Å²) >= 11 is 6.18. The van der Waals surface area contributed by atoms with Crippen LogP contribution < -0.4 is 4.90 Å². The Kier molecular flexibility index (Phi) is 6.52. The Hall–Kier alpha value is -2.48. The van der Waals surface area contributed by atoms with Gasteiger partial charge in [-0.2, -0.15) is 4.98 Å². The van der Waals surface area contributed by atoms with Gasteiger partial charge in [0, 0.05) is 44.8 Å². The maximum absolute atomic E-state index is 12.5. The van der Waals surface area contributed by atoms with E-state index in [-0.39, 0.29) is 18.0 Å². The number of piperazine rings is 1. The third-order valence-corrected chi connectivity index (χ3v) is 5.15. The minimum Gasteiger partial charge on any atom is -0.449 e. The number of halogens is 1. The SMILES string of the molecule is CCCCOC(=O)N1CCN(c2nc3cc(Cl)cc(C(=O)N(C)C)c3o2)C(C)C1. The number of nitrogens with zero attached hydrogens (tertiary/aromatic N) is 4. The van der Waals surface area contributed by atoms with Crippen LogP contribution in [0.25, 0.3) is 11.1 Å². The number of anilines is 1. The average molecular weight is 423 g/mol. The van der Waals surface area contributed by atoms with Gasteiger partial charge in [0.2, 0.25) is 0 Å². The molecule has 9 heteroatoms. The second-order valence-corrected chi connectivity index (χ2v) is 7.89. The number of aromatic nitrogens is 1. The molecule has 1 aromatic heterocycles. The Morgan fingerprint density at radius 1 is 1.34 bits per heavy atom. The molecule has 8 nitrogen and oxygen atoms in total. The second-order valence-electron chi connectivity index (χ2n) is 7.45. The van der Waals surface area contributed by atoms with Gasteiger partial charge in [-0.05, 0) is 25.5 Å². The van der Waals surface area contributed by atoms with Gasteiger partial charge in [0.1, 0.15) is 5.52 Å². The van der Waals surface area contributed by atoms with Crippen LogP contribution in [0, 0.1) is 0 Å². The number of benzene rings is 1. The molecule has 1 aliphatic heterocycles. The topological polar surface area (TPSA) is 79.1 Å². The minimum absolute atomic E-state index is 0.0148. The van der Waals surface area contributed by atoms with Crippen molar-refractivity contribution < 1.29 is 18.7 Å². The summed E-state index contributed by atoms with van der Waals surface area (Å²) in [7, 11) is 3.35. The monoisotopic (exact) mass is 422 g/mol. The number of hydrogen-bond acceptors (Lipinski definition) is 6. The number of fused-ring (bicyclic) bond motifs is 1. The van der Waals surface area contributed by atoms with Crippen LogP contribution in [0.1, 0.15) is 37.0 Å². The molecule has 0 bridgehead atoms. The van der Waals surface area contributed by atoms with E-state index in [1.807, 2.05) is 11.8 Å². The van der Waals surface area contributed by atoms with Crippen LogP contribution in [-0.4, -0.2) is 73.2 Å². The number of hydrogen-bond donors (Lipinski definition) is 0. The molecule has 1 fully saturated rings. The van der Waals surface area contributed by atoms with E-state index in [4.69, 9.17) is 20.8 Å². The third kappa shape index (κ3) is 4.58. The standard InChI is InChI=1S/C20H27ClN4O4/c1-5-6-9-28-20(27)24-7-8-25(13(2)12-24)19-22-16-11-14(21)10-15(17(16)29-19)18(26)23(3)4/h10-11,13H,5-9,12H2,1-4H3. The molecule has 0 N–H and O–H groups in total. The van der Waals surface area contributed by atoms with Crippen LogP contribution in [0.15, 0.2) is 16.5 Å². The van der Waals surface area contributed by atoms with Gasteiger partial charge >= 0.3 is 6.09 Å². The number of carbonyl (C=O) groups is 2. The maximum Gasteiger partial charge on any atom is 0.409 e. The summed E-state index contributed by atoms with van der Waals surface area (Å²) in [6.45, 7) is 6.07. The smallest absolute Gasteiger partial charge is 0.409 e. The summed E-state index contributed by atoms with van der Waals surface area (Å²) < 4.78 is 11.3. The summed E-state index contributed by atoms with van der Waals surface area (Å²) in [4.78, 5) is 34.4. The van der Waals surface area contributed by atoms with Crippen molar-refractivity contribution in [2.24, 2.45) is 0 Å². The first-order valence-corrected chi connectivity index (χ1v) is 10.2. The molecular weight excluding hydrogens is 396 g/mol. The predicted octanol–water partition coefficient (Wildman–Crippen LogP) is 3.63. The van der Waals surface area contributed by atoms with Crippen LogP contribution in [0.4, 0.5) is 10.8 Å². The van der Waals surface area contributed by atoms with Crippen LogP contribution in [0.3, 0.4) is 0 Å². The van der Waals surface area contributed by atoms with E-state index in [0.29, 0.717) is 53.9 Å². The van der Waals surface area contributed by atoms with Gasteiger partial charge in [-0.3, -0.25) is 4.79 Å². The lowest BCUT2D eigenvalue weighted by atomic mass is 10.2. The first kappa shape index (κ1) is 21.2. The summed E-state index contributed by atoms with van der Waals surface area (Å²) in [5.74, 6) is -0.201. The number of rotatable bonds is 5. The Balaban J connectivity index is 1.79. The molecule has 0 saturated carbocycles. The van der Waals surface area contributed by atoms with E-state index < -0.39 is 0 Å². The van der Waals surface area contributed by atoms with Gasteiger partial charge in [-0.1, -0.05) is 24.9 Å². The second kappa shape index (κ2) is 8.90. The van der Waals surface area contributed by atoms with Crippen LogP contribution in [0.5, 0.6) is 0 Å². The van der Waals surface area contributed by atoms with E-state index >= 15 is 0 Å². The minimum atomic E-state index is -0.284. The first-order valence-electron chi connectivity index (χ1n) is 9.82. The fourth-order valence-electron chi connectivity index (χ4n) is 3.31. The van der Waals surface area contributed by atoms with Crippen molar-refractivity contribution in [2.75, 3.05) is 45.2 Å². The Labute approximate surface area is 175 Å². The molecule has 158 valence electrons. The van der Waals surface area contributed by atoms with Crippen LogP contribution in [0.2, 0.25) is 5.02 Å². The molecular formula is C20H27ClN4O4. The molecule has 0 radical (unpaired) electrons. The van der Waals surface area contributed by atoms with Crippen molar-refractivity contribution in [1.82, 2.24) is 14.8 Å². The lowest BCUT2D eigenvalue weighted by Gasteiger charge is -2.38. The molecule has 2 aromatic rings. The molecule has 1 aliphatic rings. The van der Waals surface area contributed by atoms with Crippen molar-refractivity contribution in [3.8, 4) is 0 Å². The Morgan fingerprint density at radius 2 is 2.10 bits per heavy atom. The van der Waals surface area contributed by atoms with Crippen LogP contribution in [-0.2, 0) is 4.74 Å². The molecule has 3 rings (SSSR count). The van der Waals surface area contributed by atoms with E-state index in [9.17, 15) is 9.59 Å². The van der Waals surface area contributed by atoms with Gasteiger partial charge in [0.15, 0.2) is 5.58 Å². The Morgan fingerprint density at radius 3 is 2.76 bits per heavy atom. The highest BCUT2D eigenvalue weighted by atomic mass is 35.5. The van der Waals surface area contributed by atoms with E-state index in [2.05, 4.69) is 11.9 Å². The molecule has 1 atom stereocenters. The van der Waals surface area contributed by atoms with E-state index in [1.165, 1.54) is 4.90 Å². The lowest BCUT2D eigenvalue weighted by molar-refractivity contribution is 0.0827. The van der Waals surface area contributed by atoms with Gasteiger partial charge in [0.05, 0.1) is 12.2 Å². The van der Waals surface area contributed by atoms with E-state index in [0.717, 1.165) is 12.8 Å². The highest BCUT2D eigenvalue weighted by molar-refractivity contribution is 6.32. The summed E-state index contributed by atoms with van der Waals surface area (Å²) in [5, 5.41) is 0.426. The van der Waals surface area contributed by atoms with Crippen molar-refractivity contribution in [3.63, 3.8) is 0 Å². The molecule has 0 aliphatic carbocycles. The largest absolute Gasteiger partial charge is 0.449 e. The molecule has 1 saturated heterocycles. The number of oxazole rings is 1. The summed E-state index contributed by atoms with van der Waals surface area (Å²) in [6.07, 6.45) is 1.56. The molecule has 29 heavy (non-hydrogen) atoms. The van der Waals surface area contributed by atoms with Gasteiger partial charge < -0.3 is 23.9 Å². The highest BCUT2D eigenvalue weighted by Gasteiger charge is 2.31. The van der Waals surface area contributed by atoms with Gasteiger partial charge in [-0.25, -0.2) is 4.79 Å². The number of carbonyl (C=O) groups excluding carboxylic acids is 2. The Bertz CT molecular complexity index is 898. The van der Waals surface area contributed by atoms with Crippen molar-refractivity contribution in [1.29, 1.82) is 0 Å². The fraction of sp³-hybridized carbons (Fsp3) is 0.550. The predicted molar refractivity (Wildman–Crippen MR) is 112 cm³/mol. The normalized spacial score (nSPS) is 16.9. The van der Waals surface area contributed by atoms with Crippen molar-refractivity contribution in [2.45, 2.75) is 32.7 Å². The number of ether oxygens (including phenoxy) is 1. The highest BCUT2D eigenvalue weighted by Crippen LogP contribution is 2.30. The zero-order valence-corrected chi connectivity index (χ0v) is 18.0. The number of amides is 2. The van der Waals surface area contributed by atoms with Gasteiger partial charge in [0.25, 0.3) is 11.9 Å². The lowest BCUT2D eigenvalue weighted by Crippen LogP contribution is -2.54. The zero-order chi connectivity index (χ0) is 21.1. The van der Waals surface area contributed by atoms with Crippen molar-refractivity contribution in [3.05, 3.63) is 22.7 Å². The summed E-state index contributed by atoms with van der Waals surface area (Å²) in [5.41, 5.74) is 1.32. The average Bonchev–Trinajstić information content (AvgIpc) is 3.10. The quantitative estimate of drug-likeness (QED) is 0.684. The molecule has 2 amide bonds. The summed E-state index contributed by atoms with van der Waals surface area (Å²) in [6, 6.07) is 3.68. The molecule has 0 spiro atoms. The van der Waals surface area contributed by atoms with Crippen LogP contribution >= 0.6 is 11.6 Å². The molecule has 2 heterocycles. The number of unbranched alkanes of at least 4 members (excludes halogenated alkanes) is 1. The molecule has 1 aromatic carbocycles. The van der Waals surface area contributed by atoms with Gasteiger partial charge in [-0.15, -0.1) is 0 Å². The van der Waals surface area contributed by atoms with E-state index in [1.54, 1.807) is 31.1 Å².